The number of piperidine rings is 1. The van der Waals surface area contributed by atoms with E-state index in [-0.39, 0.29) is 6.09 Å². The van der Waals surface area contributed by atoms with Gasteiger partial charge in [0.2, 0.25) is 0 Å². The number of para-hydroxylation sites is 1. The average molecular weight is 503 g/mol. The van der Waals surface area contributed by atoms with Gasteiger partial charge in [-0.2, -0.15) is 10.2 Å². The number of ether oxygens (including phenoxy) is 3. The molecule has 5 rings (SSSR count). The van der Waals surface area contributed by atoms with Gasteiger partial charge in [0.1, 0.15) is 5.60 Å². The minimum absolute atomic E-state index is 0.247. The second kappa shape index (κ2) is 9.92. The van der Waals surface area contributed by atoms with Gasteiger partial charge in [-0.05, 0) is 58.6 Å². The van der Waals surface area contributed by atoms with Gasteiger partial charge in [0.15, 0.2) is 11.5 Å². The fourth-order valence-electron chi connectivity index (χ4n) is 4.98. The van der Waals surface area contributed by atoms with Gasteiger partial charge in [0.05, 0.1) is 25.4 Å². The zero-order valence-corrected chi connectivity index (χ0v) is 22.1. The summed E-state index contributed by atoms with van der Waals surface area (Å²) >= 11 is 0. The molecule has 3 heterocycles. The number of benzene rings is 2. The van der Waals surface area contributed by atoms with Gasteiger partial charge >= 0.3 is 6.09 Å². The molecule has 0 bridgehead atoms. The molecule has 0 unspecified atom stereocenters. The molecule has 8 nitrogen and oxygen atoms in total. The standard InChI is InChI=1S/C29H34N4O4/c1-18-27(20-8-6-7-9-23(20)31-18)22-16-30-32-24-15-26(25(35-5)14-21(22)24)36-17-19-10-12-33(13-11-19)28(34)37-29(2,3)4/h6-9,14-16,19,31H,10-13,17H2,1-5H3. The molecule has 0 radical (unpaired) electrons. The van der Waals surface area contributed by atoms with E-state index in [1.165, 1.54) is 0 Å². The highest BCUT2D eigenvalue weighted by Gasteiger charge is 2.27. The topological polar surface area (TPSA) is 89.6 Å². The molecule has 1 aliphatic heterocycles. The minimum Gasteiger partial charge on any atom is -0.493 e. The Balaban J connectivity index is 1.34. The molecule has 1 saturated heterocycles. The largest absolute Gasteiger partial charge is 0.493 e. The lowest BCUT2D eigenvalue weighted by atomic mass is 9.98. The van der Waals surface area contributed by atoms with Crippen molar-refractivity contribution in [3.63, 3.8) is 0 Å². The second-order valence-electron chi connectivity index (χ2n) is 10.7. The van der Waals surface area contributed by atoms with Crippen LogP contribution < -0.4 is 9.47 Å². The predicted molar refractivity (Wildman–Crippen MR) is 144 cm³/mol. The van der Waals surface area contributed by atoms with Gasteiger partial charge in [0.25, 0.3) is 0 Å². The van der Waals surface area contributed by atoms with E-state index in [0.29, 0.717) is 37.1 Å². The molecule has 2 aromatic heterocycles. The molecule has 1 N–H and O–H groups in total. The Morgan fingerprint density at radius 1 is 1.11 bits per heavy atom. The van der Waals surface area contributed by atoms with Crippen LogP contribution >= 0.6 is 0 Å². The summed E-state index contributed by atoms with van der Waals surface area (Å²) < 4.78 is 17.5. The third-order valence-corrected chi connectivity index (χ3v) is 6.83. The highest BCUT2D eigenvalue weighted by molar-refractivity contribution is 6.05. The Bertz CT molecular complexity index is 1430. The summed E-state index contributed by atoms with van der Waals surface area (Å²) in [5, 5.41) is 10.8. The first-order chi connectivity index (χ1) is 17.7. The number of carbonyl (C=O) groups excluding carboxylic acids is 1. The third kappa shape index (κ3) is 5.19. The molecule has 8 heteroatoms. The summed E-state index contributed by atoms with van der Waals surface area (Å²) in [5.74, 6) is 1.64. The normalized spacial score (nSPS) is 14.8. The summed E-state index contributed by atoms with van der Waals surface area (Å²) in [5.41, 5.74) is 4.54. The number of rotatable bonds is 5. The number of methoxy groups -OCH3 is 1. The molecule has 1 amide bonds. The Kier molecular flexibility index (Phi) is 6.67. The van der Waals surface area contributed by atoms with E-state index < -0.39 is 5.60 Å². The average Bonchev–Trinajstić information content (AvgIpc) is 3.21. The van der Waals surface area contributed by atoms with Crippen LogP contribution in [0.15, 0.2) is 42.6 Å². The van der Waals surface area contributed by atoms with Crippen LogP contribution in [0.1, 0.15) is 39.3 Å². The van der Waals surface area contributed by atoms with E-state index in [4.69, 9.17) is 14.2 Å². The lowest BCUT2D eigenvalue weighted by Gasteiger charge is -2.33. The van der Waals surface area contributed by atoms with E-state index in [1.54, 1.807) is 12.0 Å². The molecule has 0 saturated carbocycles. The molecule has 2 aromatic carbocycles. The van der Waals surface area contributed by atoms with Crippen molar-refractivity contribution in [2.45, 2.75) is 46.1 Å². The number of hydrogen-bond donors (Lipinski definition) is 1. The van der Waals surface area contributed by atoms with Crippen LogP contribution in [0.5, 0.6) is 11.5 Å². The molecule has 1 aliphatic rings. The smallest absolute Gasteiger partial charge is 0.410 e. The first-order valence-electron chi connectivity index (χ1n) is 12.8. The van der Waals surface area contributed by atoms with Crippen molar-refractivity contribution < 1.29 is 19.0 Å². The summed E-state index contributed by atoms with van der Waals surface area (Å²) in [4.78, 5) is 17.6. The van der Waals surface area contributed by atoms with Crippen LogP contribution in [0, 0.1) is 12.8 Å². The maximum atomic E-state index is 12.4. The minimum atomic E-state index is -0.487. The van der Waals surface area contributed by atoms with Crippen LogP contribution in [0.2, 0.25) is 0 Å². The molecule has 1 fully saturated rings. The van der Waals surface area contributed by atoms with Crippen molar-refractivity contribution in [1.29, 1.82) is 0 Å². The highest BCUT2D eigenvalue weighted by Crippen LogP contribution is 2.39. The van der Waals surface area contributed by atoms with E-state index in [0.717, 1.165) is 51.5 Å². The number of nitrogens with one attached hydrogen (secondary N) is 1. The molecular formula is C29H34N4O4. The van der Waals surface area contributed by atoms with E-state index >= 15 is 0 Å². The van der Waals surface area contributed by atoms with Gasteiger partial charge < -0.3 is 24.1 Å². The maximum Gasteiger partial charge on any atom is 0.410 e. The van der Waals surface area contributed by atoms with E-state index in [2.05, 4.69) is 34.2 Å². The van der Waals surface area contributed by atoms with Crippen molar-refractivity contribution >= 4 is 27.9 Å². The van der Waals surface area contributed by atoms with Crippen LogP contribution in [0.4, 0.5) is 4.79 Å². The summed E-state index contributed by atoms with van der Waals surface area (Å²) in [6.07, 6.45) is 3.28. The molecule has 194 valence electrons. The van der Waals surface area contributed by atoms with Crippen LogP contribution in [0.3, 0.4) is 0 Å². The fraction of sp³-hybridized carbons (Fsp3) is 0.414. The quantitative estimate of drug-likeness (QED) is 0.354. The molecule has 0 spiro atoms. The predicted octanol–water partition coefficient (Wildman–Crippen LogP) is 6.12. The van der Waals surface area contributed by atoms with Crippen LogP contribution in [0.25, 0.3) is 32.9 Å². The number of likely N-dealkylation sites (tertiary alicyclic amines) is 1. The number of amides is 1. The second-order valence-corrected chi connectivity index (χ2v) is 10.7. The zero-order valence-electron chi connectivity index (χ0n) is 22.1. The Hall–Kier alpha value is -3.81. The van der Waals surface area contributed by atoms with Crippen molar-refractivity contribution in [1.82, 2.24) is 20.1 Å². The van der Waals surface area contributed by atoms with Crippen molar-refractivity contribution in [2.24, 2.45) is 5.92 Å². The maximum absolute atomic E-state index is 12.4. The molecule has 0 atom stereocenters. The van der Waals surface area contributed by atoms with Gasteiger partial charge in [-0.1, -0.05) is 18.2 Å². The fourth-order valence-corrected chi connectivity index (χ4v) is 4.98. The van der Waals surface area contributed by atoms with Crippen LogP contribution in [-0.4, -0.2) is 58.6 Å². The molecular weight excluding hydrogens is 468 g/mol. The first kappa shape index (κ1) is 24.9. The van der Waals surface area contributed by atoms with Gasteiger partial charge in [-0.15, -0.1) is 0 Å². The molecule has 4 aromatic rings. The number of fused-ring (bicyclic) bond motifs is 2. The summed E-state index contributed by atoms with van der Waals surface area (Å²) in [6, 6.07) is 12.2. The number of carbonyl (C=O) groups is 1. The lowest BCUT2D eigenvalue weighted by molar-refractivity contribution is 0.0164. The third-order valence-electron chi connectivity index (χ3n) is 6.83. The number of hydrogen-bond acceptors (Lipinski definition) is 6. The van der Waals surface area contributed by atoms with Crippen molar-refractivity contribution in [3.8, 4) is 22.6 Å². The van der Waals surface area contributed by atoms with E-state index in [9.17, 15) is 4.79 Å². The summed E-state index contributed by atoms with van der Waals surface area (Å²) in [7, 11) is 1.65. The number of aromatic nitrogens is 3. The summed E-state index contributed by atoms with van der Waals surface area (Å²) in [6.45, 7) is 9.60. The lowest BCUT2D eigenvalue weighted by Crippen LogP contribution is -2.42. The Morgan fingerprint density at radius 3 is 2.59 bits per heavy atom. The Morgan fingerprint density at radius 2 is 1.86 bits per heavy atom. The first-order valence-corrected chi connectivity index (χ1v) is 12.8. The van der Waals surface area contributed by atoms with Gasteiger partial charge in [-0.3, -0.25) is 0 Å². The number of aromatic amines is 1. The monoisotopic (exact) mass is 502 g/mol. The SMILES string of the molecule is COc1cc2c(-c3c(C)[nH]c4ccccc34)cnnc2cc1OCC1CCN(C(=O)OC(C)(C)C)CC1. The molecule has 37 heavy (non-hydrogen) atoms. The molecule has 0 aliphatic carbocycles. The van der Waals surface area contributed by atoms with Crippen LogP contribution in [-0.2, 0) is 4.74 Å². The Labute approximate surface area is 216 Å². The number of H-pyrrole nitrogens is 1. The number of nitrogens with zero attached hydrogens (tertiary/aromatic N) is 3. The zero-order chi connectivity index (χ0) is 26.2. The number of aryl methyl sites for hydroxylation is 1. The highest BCUT2D eigenvalue weighted by atomic mass is 16.6. The van der Waals surface area contributed by atoms with Crippen molar-refractivity contribution in [2.75, 3.05) is 26.8 Å². The van der Waals surface area contributed by atoms with Gasteiger partial charge in [-0.25, -0.2) is 4.79 Å². The van der Waals surface area contributed by atoms with Gasteiger partial charge in [0, 0.05) is 52.3 Å². The van der Waals surface area contributed by atoms with Crippen molar-refractivity contribution in [3.05, 3.63) is 48.3 Å². The van der Waals surface area contributed by atoms with E-state index in [1.807, 2.05) is 51.2 Å².